The van der Waals surface area contributed by atoms with Gasteiger partial charge in [-0.2, -0.15) is 0 Å². The van der Waals surface area contributed by atoms with Crippen molar-refractivity contribution in [2.24, 2.45) is 0 Å². The monoisotopic (exact) mass is 290 g/mol. The Balaban J connectivity index is 2.86. The second kappa shape index (κ2) is 5.73. The summed E-state index contributed by atoms with van der Waals surface area (Å²) in [4.78, 5) is 11.9. The molecule has 0 bridgehead atoms. The zero-order valence-corrected chi connectivity index (χ0v) is 11.7. The summed E-state index contributed by atoms with van der Waals surface area (Å²) in [6.07, 6.45) is -4.76. The number of alkyl halides is 3. The highest BCUT2D eigenvalue weighted by atomic mass is 19.4. The van der Waals surface area contributed by atoms with Crippen LogP contribution in [0.15, 0.2) is 24.3 Å². The highest BCUT2D eigenvalue weighted by Crippen LogP contribution is 2.27. The molecule has 0 spiro atoms. The van der Waals surface area contributed by atoms with Gasteiger partial charge in [0.25, 0.3) is 0 Å². The van der Waals surface area contributed by atoms with Crippen molar-refractivity contribution in [2.45, 2.75) is 45.6 Å². The minimum Gasteiger partial charge on any atom is -0.460 e. The van der Waals surface area contributed by atoms with E-state index in [4.69, 9.17) is 4.74 Å². The van der Waals surface area contributed by atoms with Gasteiger partial charge < -0.3 is 9.47 Å². The molecule has 1 aromatic rings. The van der Waals surface area contributed by atoms with E-state index >= 15 is 0 Å². The fourth-order valence-electron chi connectivity index (χ4n) is 1.51. The first-order valence-electron chi connectivity index (χ1n) is 6.06. The Kier molecular flexibility index (Phi) is 4.68. The van der Waals surface area contributed by atoms with Crippen LogP contribution in [0.25, 0.3) is 0 Å². The lowest BCUT2D eigenvalue weighted by atomic mass is 10.0. The third kappa shape index (κ3) is 5.50. The predicted octanol–water partition coefficient (Wildman–Crippen LogP) is 4.03. The molecule has 0 aliphatic heterocycles. The van der Waals surface area contributed by atoms with Gasteiger partial charge in [-0.15, -0.1) is 13.2 Å². The Morgan fingerprint density at radius 3 is 2.30 bits per heavy atom. The molecule has 0 heterocycles. The van der Waals surface area contributed by atoms with Gasteiger partial charge in [0.15, 0.2) is 0 Å². The Morgan fingerprint density at radius 1 is 1.20 bits per heavy atom. The lowest BCUT2D eigenvalue weighted by Gasteiger charge is -2.22. The van der Waals surface area contributed by atoms with Gasteiger partial charge in [0, 0.05) is 0 Å². The van der Waals surface area contributed by atoms with Gasteiger partial charge in [-0.3, -0.25) is 4.79 Å². The molecular weight excluding hydrogens is 273 g/mol. The van der Waals surface area contributed by atoms with Crippen LogP contribution in [0, 0.1) is 0 Å². The van der Waals surface area contributed by atoms with Crippen LogP contribution in [0.4, 0.5) is 13.2 Å². The SMILES string of the molecule is CC(C(=O)OC(C)(C)C)c1cccc(OC(F)(F)F)c1. The largest absolute Gasteiger partial charge is 0.573 e. The fourth-order valence-corrected chi connectivity index (χ4v) is 1.51. The standard InChI is InChI=1S/C14H17F3O3/c1-9(12(18)20-13(2,3)4)10-6-5-7-11(8-10)19-14(15,16)17/h5-9H,1-4H3. The molecule has 0 aliphatic rings. The summed E-state index contributed by atoms with van der Waals surface area (Å²) in [5.74, 6) is -1.53. The van der Waals surface area contributed by atoms with Crippen LogP contribution in [0.2, 0.25) is 0 Å². The number of benzene rings is 1. The topological polar surface area (TPSA) is 35.5 Å². The molecule has 0 fully saturated rings. The smallest absolute Gasteiger partial charge is 0.460 e. The van der Waals surface area contributed by atoms with E-state index < -0.39 is 23.9 Å². The highest BCUT2D eigenvalue weighted by molar-refractivity contribution is 5.78. The molecule has 0 radical (unpaired) electrons. The lowest BCUT2D eigenvalue weighted by molar-refractivity contribution is -0.274. The fraction of sp³-hybridized carbons (Fsp3) is 0.500. The van der Waals surface area contributed by atoms with E-state index in [-0.39, 0.29) is 5.75 Å². The number of esters is 1. The van der Waals surface area contributed by atoms with E-state index in [1.807, 2.05) is 0 Å². The average molecular weight is 290 g/mol. The molecule has 112 valence electrons. The molecule has 1 unspecified atom stereocenters. The van der Waals surface area contributed by atoms with Gasteiger partial charge in [0.1, 0.15) is 11.4 Å². The van der Waals surface area contributed by atoms with Gasteiger partial charge >= 0.3 is 12.3 Å². The van der Waals surface area contributed by atoms with Crippen LogP contribution in [0.1, 0.15) is 39.2 Å². The summed E-state index contributed by atoms with van der Waals surface area (Å²) in [6, 6.07) is 5.32. The molecule has 1 aromatic carbocycles. The Hall–Kier alpha value is -1.72. The summed E-state index contributed by atoms with van der Waals surface area (Å²) in [6.45, 7) is 6.74. The van der Waals surface area contributed by atoms with Crippen molar-refractivity contribution in [1.29, 1.82) is 0 Å². The van der Waals surface area contributed by atoms with Gasteiger partial charge in [-0.1, -0.05) is 12.1 Å². The van der Waals surface area contributed by atoms with Crippen molar-refractivity contribution in [3.05, 3.63) is 29.8 Å². The molecule has 0 aromatic heterocycles. The molecule has 1 atom stereocenters. The summed E-state index contributed by atoms with van der Waals surface area (Å²) in [5.41, 5.74) is -0.244. The van der Waals surface area contributed by atoms with Gasteiger partial charge in [-0.25, -0.2) is 0 Å². The van der Waals surface area contributed by atoms with Crippen LogP contribution in [0.3, 0.4) is 0 Å². The zero-order valence-electron chi connectivity index (χ0n) is 11.7. The zero-order chi connectivity index (χ0) is 15.6. The normalized spacial score (nSPS) is 13.8. The second-order valence-electron chi connectivity index (χ2n) is 5.38. The number of halogens is 3. The molecular formula is C14H17F3O3. The highest BCUT2D eigenvalue weighted by Gasteiger charge is 2.31. The van der Waals surface area contributed by atoms with Crippen LogP contribution in [-0.4, -0.2) is 17.9 Å². The van der Waals surface area contributed by atoms with Crippen molar-refractivity contribution in [3.63, 3.8) is 0 Å². The molecule has 0 N–H and O–H groups in total. The first-order chi connectivity index (χ1) is 8.98. The average Bonchev–Trinajstić information content (AvgIpc) is 2.23. The van der Waals surface area contributed by atoms with E-state index in [9.17, 15) is 18.0 Å². The quantitative estimate of drug-likeness (QED) is 0.788. The van der Waals surface area contributed by atoms with E-state index in [0.717, 1.165) is 0 Å². The second-order valence-corrected chi connectivity index (χ2v) is 5.38. The maximum absolute atomic E-state index is 12.1. The van der Waals surface area contributed by atoms with Crippen LogP contribution in [-0.2, 0) is 9.53 Å². The molecule has 6 heteroatoms. The van der Waals surface area contributed by atoms with Crippen molar-refractivity contribution < 1.29 is 27.4 Å². The van der Waals surface area contributed by atoms with Gasteiger partial charge in [-0.05, 0) is 45.4 Å². The van der Waals surface area contributed by atoms with Crippen molar-refractivity contribution in [3.8, 4) is 5.75 Å². The molecule has 20 heavy (non-hydrogen) atoms. The predicted molar refractivity (Wildman–Crippen MR) is 67.4 cm³/mol. The first-order valence-corrected chi connectivity index (χ1v) is 6.06. The van der Waals surface area contributed by atoms with Crippen molar-refractivity contribution in [1.82, 2.24) is 0 Å². The van der Waals surface area contributed by atoms with Crippen molar-refractivity contribution >= 4 is 5.97 Å². The Morgan fingerprint density at radius 2 is 1.80 bits per heavy atom. The summed E-state index contributed by atoms with van der Waals surface area (Å²) in [5, 5.41) is 0. The number of ether oxygens (including phenoxy) is 2. The van der Waals surface area contributed by atoms with E-state index in [1.54, 1.807) is 33.8 Å². The van der Waals surface area contributed by atoms with Gasteiger partial charge in [0.05, 0.1) is 5.92 Å². The van der Waals surface area contributed by atoms with Crippen LogP contribution >= 0.6 is 0 Å². The molecule has 0 amide bonds. The third-order valence-corrected chi connectivity index (χ3v) is 2.35. The number of hydrogen-bond donors (Lipinski definition) is 0. The van der Waals surface area contributed by atoms with E-state index in [0.29, 0.717) is 5.56 Å². The van der Waals surface area contributed by atoms with Crippen molar-refractivity contribution in [2.75, 3.05) is 0 Å². The molecule has 1 rings (SSSR count). The minimum absolute atomic E-state index is 0.356. The van der Waals surface area contributed by atoms with E-state index in [2.05, 4.69) is 4.74 Å². The first kappa shape index (κ1) is 16.3. The lowest BCUT2D eigenvalue weighted by Crippen LogP contribution is -2.26. The van der Waals surface area contributed by atoms with E-state index in [1.165, 1.54) is 18.2 Å². The number of rotatable bonds is 3. The third-order valence-electron chi connectivity index (χ3n) is 2.35. The summed E-state index contributed by atoms with van der Waals surface area (Å²) >= 11 is 0. The molecule has 0 aliphatic carbocycles. The van der Waals surface area contributed by atoms with Crippen LogP contribution in [0.5, 0.6) is 5.75 Å². The molecule has 0 saturated carbocycles. The minimum atomic E-state index is -4.76. The number of hydrogen-bond acceptors (Lipinski definition) is 3. The number of carbonyl (C=O) groups excluding carboxylic acids is 1. The molecule has 0 saturated heterocycles. The Labute approximate surface area is 115 Å². The van der Waals surface area contributed by atoms with Crippen LogP contribution < -0.4 is 4.74 Å². The maximum Gasteiger partial charge on any atom is 0.573 e. The Bertz CT molecular complexity index is 475. The summed E-state index contributed by atoms with van der Waals surface area (Å²) in [7, 11) is 0. The van der Waals surface area contributed by atoms with Gasteiger partial charge in [0.2, 0.25) is 0 Å². The maximum atomic E-state index is 12.1. The summed E-state index contributed by atoms with van der Waals surface area (Å²) < 4.78 is 45.4. The molecule has 3 nitrogen and oxygen atoms in total. The number of carbonyl (C=O) groups is 1.